The van der Waals surface area contributed by atoms with Crippen LogP contribution in [0.2, 0.25) is 0 Å². The lowest BCUT2D eigenvalue weighted by Gasteiger charge is -2.36. The number of fused-ring (bicyclic) bond motifs is 3. The van der Waals surface area contributed by atoms with Crippen molar-refractivity contribution in [3.05, 3.63) is 106 Å². The van der Waals surface area contributed by atoms with Gasteiger partial charge in [0.1, 0.15) is 0 Å². The van der Waals surface area contributed by atoms with Crippen LogP contribution in [0.1, 0.15) is 44.3 Å². The fourth-order valence-corrected chi connectivity index (χ4v) is 4.52. The van der Waals surface area contributed by atoms with Crippen LogP contribution in [0.15, 0.2) is 72.8 Å². The van der Waals surface area contributed by atoms with E-state index in [2.05, 4.69) is 11.1 Å². The van der Waals surface area contributed by atoms with Crippen molar-refractivity contribution < 1.29 is 18.0 Å². The highest BCUT2D eigenvalue weighted by Gasteiger charge is 2.35. The zero-order valence-electron chi connectivity index (χ0n) is 17.4. The van der Waals surface area contributed by atoms with Crippen molar-refractivity contribution in [2.45, 2.75) is 25.6 Å². The van der Waals surface area contributed by atoms with E-state index in [-0.39, 0.29) is 17.5 Å². The van der Waals surface area contributed by atoms with Gasteiger partial charge < -0.3 is 9.88 Å². The van der Waals surface area contributed by atoms with Gasteiger partial charge in [-0.05, 0) is 54.8 Å². The molecule has 1 unspecified atom stereocenters. The first kappa shape index (κ1) is 20.4. The quantitative estimate of drug-likeness (QED) is 0.396. The molecule has 0 bridgehead atoms. The van der Waals surface area contributed by atoms with Gasteiger partial charge in [0.25, 0.3) is 5.91 Å². The molecule has 1 aliphatic heterocycles. The number of amides is 1. The zero-order valence-corrected chi connectivity index (χ0v) is 17.4. The van der Waals surface area contributed by atoms with Gasteiger partial charge in [-0.25, -0.2) is 0 Å². The van der Waals surface area contributed by atoms with Crippen LogP contribution in [0.5, 0.6) is 0 Å². The minimum Gasteiger partial charge on any atom is -0.356 e. The molecule has 1 aromatic heterocycles. The molecule has 0 aliphatic carbocycles. The molecule has 0 saturated carbocycles. The lowest BCUT2D eigenvalue weighted by molar-refractivity contribution is -0.137. The minimum absolute atomic E-state index is 0.245. The van der Waals surface area contributed by atoms with Crippen LogP contribution in [0.3, 0.4) is 0 Å². The molecule has 0 spiro atoms. The van der Waals surface area contributed by atoms with E-state index in [1.54, 1.807) is 4.90 Å². The number of nitrogens with one attached hydrogen (secondary N) is 1. The molecule has 3 aromatic carbocycles. The largest absolute Gasteiger partial charge is 0.416 e. The number of rotatable bonds is 2. The molecular weight excluding hydrogens is 413 g/mol. The summed E-state index contributed by atoms with van der Waals surface area (Å²) >= 11 is 0. The standard InChI is InChI=1S/C26H21F3N2O/c1-16-6-8-17(9-7-16)24-23-21(20-4-2-3-5-22(20)30-23)14-15-31(24)25(32)18-10-12-19(13-11-18)26(27,28)29/h2-13,24,30H,14-15H2,1H3. The third kappa shape index (κ3) is 3.45. The predicted octanol–water partition coefficient (Wildman–Crippen LogP) is 6.28. The first-order chi connectivity index (χ1) is 15.3. The number of aromatic amines is 1. The van der Waals surface area contributed by atoms with E-state index < -0.39 is 11.7 Å². The summed E-state index contributed by atoms with van der Waals surface area (Å²) < 4.78 is 38.9. The molecule has 2 heterocycles. The number of carbonyl (C=O) groups excluding carboxylic acids is 1. The summed E-state index contributed by atoms with van der Waals surface area (Å²) in [5.41, 5.74) is 4.71. The summed E-state index contributed by atoms with van der Waals surface area (Å²) in [6, 6.07) is 20.2. The summed E-state index contributed by atoms with van der Waals surface area (Å²) in [4.78, 5) is 18.7. The van der Waals surface area contributed by atoms with Gasteiger partial charge in [-0.1, -0.05) is 48.0 Å². The van der Waals surface area contributed by atoms with E-state index in [0.717, 1.165) is 39.9 Å². The highest BCUT2D eigenvalue weighted by atomic mass is 19.4. The Morgan fingerprint density at radius 1 is 0.969 bits per heavy atom. The van der Waals surface area contributed by atoms with Crippen LogP contribution in [-0.2, 0) is 12.6 Å². The number of alkyl halides is 3. The molecule has 1 aliphatic rings. The average molecular weight is 434 g/mol. The molecule has 1 amide bonds. The number of carbonyl (C=O) groups is 1. The maximum atomic E-state index is 13.5. The van der Waals surface area contributed by atoms with Crippen LogP contribution in [0.25, 0.3) is 10.9 Å². The average Bonchev–Trinajstić information content (AvgIpc) is 3.17. The maximum absolute atomic E-state index is 13.5. The van der Waals surface area contributed by atoms with Gasteiger partial charge in [-0.15, -0.1) is 0 Å². The summed E-state index contributed by atoms with van der Waals surface area (Å²) in [6.45, 7) is 2.48. The minimum atomic E-state index is -4.43. The van der Waals surface area contributed by atoms with Crippen LogP contribution in [0, 0.1) is 6.92 Å². The van der Waals surface area contributed by atoms with Gasteiger partial charge in [-0.2, -0.15) is 13.2 Å². The third-order valence-corrected chi connectivity index (χ3v) is 6.15. The summed E-state index contributed by atoms with van der Waals surface area (Å²) in [7, 11) is 0. The van der Waals surface area contributed by atoms with Crippen molar-refractivity contribution in [1.29, 1.82) is 0 Å². The van der Waals surface area contributed by atoms with Crippen LogP contribution in [0.4, 0.5) is 13.2 Å². The highest BCUT2D eigenvalue weighted by Crippen LogP contribution is 2.39. The Morgan fingerprint density at radius 3 is 2.34 bits per heavy atom. The van der Waals surface area contributed by atoms with Crippen molar-refractivity contribution in [2.75, 3.05) is 6.54 Å². The maximum Gasteiger partial charge on any atom is 0.416 e. The molecule has 0 saturated heterocycles. The summed E-state index contributed by atoms with van der Waals surface area (Å²) in [5, 5.41) is 1.14. The number of hydrogen-bond donors (Lipinski definition) is 1. The van der Waals surface area contributed by atoms with E-state index in [9.17, 15) is 18.0 Å². The topological polar surface area (TPSA) is 36.1 Å². The van der Waals surface area contributed by atoms with Crippen molar-refractivity contribution in [3.63, 3.8) is 0 Å². The molecule has 32 heavy (non-hydrogen) atoms. The Balaban J connectivity index is 1.59. The second-order valence-electron chi connectivity index (χ2n) is 8.20. The fourth-order valence-electron chi connectivity index (χ4n) is 4.52. The van der Waals surface area contributed by atoms with E-state index in [1.807, 2.05) is 49.4 Å². The molecule has 0 fully saturated rings. The van der Waals surface area contributed by atoms with Gasteiger partial charge in [0.05, 0.1) is 11.6 Å². The number of benzene rings is 3. The number of H-pyrrole nitrogens is 1. The van der Waals surface area contributed by atoms with Crippen LogP contribution < -0.4 is 0 Å². The molecule has 6 heteroatoms. The number of hydrogen-bond acceptors (Lipinski definition) is 1. The number of halogens is 3. The lowest BCUT2D eigenvalue weighted by Crippen LogP contribution is -2.40. The van der Waals surface area contributed by atoms with Crippen molar-refractivity contribution in [3.8, 4) is 0 Å². The Kier molecular flexibility index (Phi) is 4.81. The zero-order chi connectivity index (χ0) is 22.5. The van der Waals surface area contributed by atoms with E-state index >= 15 is 0 Å². The molecule has 162 valence electrons. The second kappa shape index (κ2) is 7.55. The van der Waals surface area contributed by atoms with Gasteiger partial charge in [0, 0.05) is 28.7 Å². The Bertz CT molecular complexity index is 1290. The molecule has 3 nitrogen and oxygen atoms in total. The second-order valence-corrected chi connectivity index (χ2v) is 8.20. The first-order valence-electron chi connectivity index (χ1n) is 10.5. The predicted molar refractivity (Wildman–Crippen MR) is 118 cm³/mol. The van der Waals surface area contributed by atoms with E-state index in [0.29, 0.717) is 13.0 Å². The number of aromatic nitrogens is 1. The molecule has 1 atom stereocenters. The van der Waals surface area contributed by atoms with Crippen molar-refractivity contribution >= 4 is 16.8 Å². The lowest BCUT2D eigenvalue weighted by atomic mass is 9.91. The smallest absolute Gasteiger partial charge is 0.356 e. The van der Waals surface area contributed by atoms with Crippen molar-refractivity contribution in [2.24, 2.45) is 0 Å². The molecular formula is C26H21F3N2O. The SMILES string of the molecule is Cc1ccc(C2c3[nH]c4ccccc4c3CCN2C(=O)c2ccc(C(F)(F)F)cc2)cc1. The number of para-hydroxylation sites is 1. The molecule has 5 rings (SSSR count). The first-order valence-corrected chi connectivity index (χ1v) is 10.5. The normalized spacial score (nSPS) is 16.2. The Hall–Kier alpha value is -3.54. The van der Waals surface area contributed by atoms with Gasteiger partial charge >= 0.3 is 6.18 Å². The molecule has 0 radical (unpaired) electrons. The van der Waals surface area contributed by atoms with E-state index in [4.69, 9.17) is 0 Å². The Labute approximate surface area is 183 Å². The van der Waals surface area contributed by atoms with Crippen LogP contribution >= 0.6 is 0 Å². The fraction of sp³-hybridized carbons (Fsp3) is 0.192. The monoisotopic (exact) mass is 434 g/mol. The highest BCUT2D eigenvalue weighted by molar-refractivity contribution is 5.95. The summed E-state index contributed by atoms with van der Waals surface area (Å²) in [5.74, 6) is -0.284. The van der Waals surface area contributed by atoms with Gasteiger partial charge in [0.15, 0.2) is 0 Å². The molecule has 1 N–H and O–H groups in total. The Morgan fingerprint density at radius 2 is 1.66 bits per heavy atom. The van der Waals surface area contributed by atoms with Gasteiger partial charge in [-0.3, -0.25) is 4.79 Å². The van der Waals surface area contributed by atoms with Gasteiger partial charge in [0.2, 0.25) is 0 Å². The summed E-state index contributed by atoms with van der Waals surface area (Å²) in [6.07, 6.45) is -3.76. The number of aryl methyl sites for hydroxylation is 1. The van der Waals surface area contributed by atoms with Crippen molar-refractivity contribution in [1.82, 2.24) is 9.88 Å². The third-order valence-electron chi connectivity index (χ3n) is 6.15. The molecule has 4 aromatic rings. The number of nitrogens with zero attached hydrogens (tertiary/aromatic N) is 1. The van der Waals surface area contributed by atoms with Crippen LogP contribution in [-0.4, -0.2) is 22.3 Å². The van der Waals surface area contributed by atoms with E-state index in [1.165, 1.54) is 17.7 Å².